The van der Waals surface area contributed by atoms with E-state index < -0.39 is 0 Å². The highest BCUT2D eigenvalue weighted by atomic mass is 16.2. The fraction of sp³-hybridized carbons (Fsp3) is 0.611. The Kier molecular flexibility index (Phi) is 5.27. The number of carbonyl (C=O) groups is 1. The number of piperidine rings is 1. The number of hydrogen-bond acceptors (Lipinski definition) is 2. The molecular formula is C18H28N2O. The van der Waals surface area contributed by atoms with E-state index in [1.165, 1.54) is 16.8 Å². The molecule has 116 valence electrons. The van der Waals surface area contributed by atoms with E-state index in [9.17, 15) is 4.79 Å². The van der Waals surface area contributed by atoms with Gasteiger partial charge in [-0.1, -0.05) is 19.9 Å². The number of benzene rings is 1. The van der Waals surface area contributed by atoms with E-state index in [-0.39, 0.29) is 0 Å². The number of carbonyl (C=O) groups excluding carboxylic acids is 1. The van der Waals surface area contributed by atoms with Gasteiger partial charge in [0.2, 0.25) is 5.91 Å². The van der Waals surface area contributed by atoms with Crippen LogP contribution in [0.3, 0.4) is 0 Å². The molecule has 0 radical (unpaired) electrons. The van der Waals surface area contributed by atoms with Crippen molar-refractivity contribution in [1.29, 1.82) is 0 Å². The molecule has 1 aliphatic heterocycles. The van der Waals surface area contributed by atoms with Crippen LogP contribution in [0.25, 0.3) is 0 Å². The van der Waals surface area contributed by atoms with Gasteiger partial charge in [-0.15, -0.1) is 0 Å². The molecule has 1 fully saturated rings. The minimum absolute atomic E-state index is 0.315. The third-order valence-corrected chi connectivity index (χ3v) is 4.02. The van der Waals surface area contributed by atoms with E-state index in [0.717, 1.165) is 25.9 Å². The highest BCUT2D eigenvalue weighted by Gasteiger charge is 2.22. The van der Waals surface area contributed by atoms with E-state index in [4.69, 9.17) is 0 Å². The van der Waals surface area contributed by atoms with E-state index in [0.29, 0.717) is 24.3 Å². The van der Waals surface area contributed by atoms with Crippen molar-refractivity contribution < 1.29 is 4.79 Å². The molecule has 0 aromatic heterocycles. The van der Waals surface area contributed by atoms with Crippen molar-refractivity contribution in [3.63, 3.8) is 0 Å². The summed E-state index contributed by atoms with van der Waals surface area (Å²) in [6, 6.07) is 7.07. The van der Waals surface area contributed by atoms with Crippen molar-refractivity contribution in [2.75, 3.05) is 18.4 Å². The van der Waals surface area contributed by atoms with Gasteiger partial charge in [-0.25, -0.2) is 0 Å². The molecule has 0 bridgehead atoms. The molecule has 0 saturated carbocycles. The largest absolute Gasteiger partial charge is 0.382 e. The average molecular weight is 288 g/mol. The molecule has 1 saturated heterocycles. The number of hydrogen-bond donors (Lipinski definition) is 1. The molecule has 0 atom stereocenters. The van der Waals surface area contributed by atoms with Gasteiger partial charge >= 0.3 is 0 Å². The summed E-state index contributed by atoms with van der Waals surface area (Å²) in [5, 5.41) is 3.62. The summed E-state index contributed by atoms with van der Waals surface area (Å²) >= 11 is 0. The van der Waals surface area contributed by atoms with Crippen LogP contribution in [0.5, 0.6) is 0 Å². The van der Waals surface area contributed by atoms with Crippen molar-refractivity contribution >= 4 is 11.6 Å². The summed E-state index contributed by atoms with van der Waals surface area (Å²) < 4.78 is 0. The summed E-state index contributed by atoms with van der Waals surface area (Å²) in [7, 11) is 0. The van der Waals surface area contributed by atoms with Gasteiger partial charge in [0.05, 0.1) is 0 Å². The Morgan fingerprint density at radius 2 is 1.76 bits per heavy atom. The summed E-state index contributed by atoms with van der Waals surface area (Å²) in [5.41, 5.74) is 3.79. The number of likely N-dealkylation sites (tertiary alicyclic amines) is 1. The molecule has 1 aromatic rings. The Bertz CT molecular complexity index is 468. The van der Waals surface area contributed by atoms with Gasteiger partial charge in [0.1, 0.15) is 0 Å². The van der Waals surface area contributed by atoms with Crippen LogP contribution >= 0.6 is 0 Å². The van der Waals surface area contributed by atoms with Crippen molar-refractivity contribution in [1.82, 2.24) is 4.90 Å². The van der Waals surface area contributed by atoms with Gasteiger partial charge in [0.25, 0.3) is 0 Å². The normalized spacial score (nSPS) is 16.3. The fourth-order valence-electron chi connectivity index (χ4n) is 3.05. The maximum atomic E-state index is 12.1. The molecule has 1 N–H and O–H groups in total. The number of nitrogens with one attached hydrogen (secondary N) is 1. The molecule has 1 aliphatic rings. The van der Waals surface area contributed by atoms with Crippen LogP contribution in [0.1, 0.15) is 44.2 Å². The zero-order chi connectivity index (χ0) is 15.4. The summed E-state index contributed by atoms with van der Waals surface area (Å²) in [6.45, 7) is 10.2. The molecule has 0 spiro atoms. The molecule has 3 heteroatoms. The van der Waals surface area contributed by atoms with Crippen molar-refractivity contribution in [3.8, 4) is 0 Å². The minimum Gasteiger partial charge on any atom is -0.382 e. The molecule has 21 heavy (non-hydrogen) atoms. The Morgan fingerprint density at radius 3 is 2.29 bits per heavy atom. The van der Waals surface area contributed by atoms with Crippen LogP contribution in [0.4, 0.5) is 5.69 Å². The molecule has 1 aromatic carbocycles. The quantitative estimate of drug-likeness (QED) is 0.915. The van der Waals surface area contributed by atoms with E-state index in [1.54, 1.807) is 0 Å². The first-order valence-corrected chi connectivity index (χ1v) is 8.06. The topological polar surface area (TPSA) is 32.3 Å². The van der Waals surface area contributed by atoms with Crippen molar-refractivity contribution in [2.45, 2.75) is 53.0 Å². The lowest BCUT2D eigenvalue weighted by Crippen LogP contribution is -2.42. The third-order valence-electron chi connectivity index (χ3n) is 4.02. The van der Waals surface area contributed by atoms with Crippen LogP contribution in [-0.4, -0.2) is 29.9 Å². The van der Waals surface area contributed by atoms with E-state index >= 15 is 0 Å². The van der Waals surface area contributed by atoms with E-state index in [1.807, 2.05) is 4.90 Å². The van der Waals surface area contributed by atoms with E-state index in [2.05, 4.69) is 51.2 Å². The molecule has 3 nitrogen and oxygen atoms in total. The lowest BCUT2D eigenvalue weighted by molar-refractivity contribution is -0.132. The summed E-state index contributed by atoms with van der Waals surface area (Å²) in [4.78, 5) is 14.1. The van der Waals surface area contributed by atoms with Gasteiger partial charge in [0.15, 0.2) is 0 Å². The monoisotopic (exact) mass is 288 g/mol. The number of nitrogens with zero attached hydrogens (tertiary/aromatic N) is 1. The van der Waals surface area contributed by atoms with Crippen LogP contribution in [-0.2, 0) is 4.79 Å². The molecule has 1 heterocycles. The van der Waals surface area contributed by atoms with Gasteiger partial charge in [0, 0.05) is 31.2 Å². The first-order valence-electron chi connectivity index (χ1n) is 8.06. The van der Waals surface area contributed by atoms with Gasteiger partial charge < -0.3 is 10.2 Å². The molecular weight excluding hydrogens is 260 g/mol. The first kappa shape index (κ1) is 15.9. The average Bonchev–Trinajstić information content (AvgIpc) is 2.37. The Labute approximate surface area is 128 Å². The van der Waals surface area contributed by atoms with Crippen molar-refractivity contribution in [2.24, 2.45) is 5.92 Å². The third kappa shape index (κ3) is 4.76. The summed E-state index contributed by atoms with van der Waals surface area (Å²) in [6.07, 6.45) is 2.75. The van der Waals surface area contributed by atoms with Crippen LogP contribution in [0.15, 0.2) is 18.2 Å². The second-order valence-corrected chi connectivity index (χ2v) is 6.77. The number of amides is 1. The number of aryl methyl sites for hydroxylation is 2. The zero-order valence-corrected chi connectivity index (χ0v) is 13.8. The standard InChI is InChI=1S/C18H28N2O/c1-13(2)9-18(21)20-7-5-16(6-8-20)19-17-11-14(3)10-15(4)12-17/h10-13,16,19H,5-9H2,1-4H3. The van der Waals surface area contributed by atoms with Crippen molar-refractivity contribution in [3.05, 3.63) is 29.3 Å². The van der Waals surface area contributed by atoms with Gasteiger partial charge in [-0.2, -0.15) is 0 Å². The molecule has 2 rings (SSSR count). The molecule has 0 unspecified atom stereocenters. The Morgan fingerprint density at radius 1 is 1.19 bits per heavy atom. The highest BCUT2D eigenvalue weighted by Crippen LogP contribution is 2.20. The predicted molar refractivity (Wildman–Crippen MR) is 88.6 cm³/mol. The van der Waals surface area contributed by atoms with Gasteiger partial charge in [-0.3, -0.25) is 4.79 Å². The lowest BCUT2D eigenvalue weighted by Gasteiger charge is -2.33. The second kappa shape index (κ2) is 6.97. The fourth-order valence-corrected chi connectivity index (χ4v) is 3.05. The lowest BCUT2D eigenvalue weighted by atomic mass is 10.0. The number of anilines is 1. The Hall–Kier alpha value is -1.51. The second-order valence-electron chi connectivity index (χ2n) is 6.77. The minimum atomic E-state index is 0.315. The maximum Gasteiger partial charge on any atom is 0.222 e. The predicted octanol–water partition coefficient (Wildman–Crippen LogP) is 3.75. The van der Waals surface area contributed by atoms with Crippen LogP contribution < -0.4 is 5.32 Å². The molecule has 0 aliphatic carbocycles. The smallest absolute Gasteiger partial charge is 0.222 e. The van der Waals surface area contributed by atoms with Crippen LogP contribution in [0, 0.1) is 19.8 Å². The highest BCUT2D eigenvalue weighted by molar-refractivity contribution is 5.76. The van der Waals surface area contributed by atoms with Crippen LogP contribution in [0.2, 0.25) is 0 Å². The maximum absolute atomic E-state index is 12.1. The Balaban J connectivity index is 1.85. The SMILES string of the molecule is Cc1cc(C)cc(NC2CCN(C(=O)CC(C)C)CC2)c1. The van der Waals surface area contributed by atoms with Gasteiger partial charge in [-0.05, 0) is 55.9 Å². The summed E-state index contributed by atoms with van der Waals surface area (Å²) in [5.74, 6) is 0.762. The number of rotatable bonds is 4. The molecule has 1 amide bonds. The first-order chi connectivity index (χ1) is 9.94. The zero-order valence-electron chi connectivity index (χ0n) is 13.8.